The van der Waals surface area contributed by atoms with Gasteiger partial charge >= 0.3 is 6.03 Å². The van der Waals surface area contributed by atoms with Crippen molar-refractivity contribution in [1.82, 2.24) is 20.0 Å². The number of nitrogens with one attached hydrogen (secondary N) is 1. The van der Waals surface area contributed by atoms with Gasteiger partial charge in [-0.05, 0) is 33.1 Å². The molecule has 0 saturated carbocycles. The number of amides is 5. The van der Waals surface area contributed by atoms with Crippen molar-refractivity contribution in [2.75, 3.05) is 32.7 Å². The van der Waals surface area contributed by atoms with Gasteiger partial charge in [-0.25, -0.2) is 4.79 Å². The van der Waals surface area contributed by atoms with Gasteiger partial charge in [-0.1, -0.05) is 0 Å². The van der Waals surface area contributed by atoms with Crippen LogP contribution in [0.1, 0.15) is 33.1 Å². The van der Waals surface area contributed by atoms with Crippen molar-refractivity contribution < 1.29 is 19.2 Å². The molecular weight excluding hydrogens is 312 g/mol. The summed E-state index contributed by atoms with van der Waals surface area (Å²) in [5.74, 6) is -0.444. The Bertz CT molecular complexity index is 591. The lowest BCUT2D eigenvalue weighted by molar-refractivity contribution is -0.148. The van der Waals surface area contributed by atoms with Gasteiger partial charge in [0.15, 0.2) is 0 Å². The second kappa shape index (κ2) is 6.07. The van der Waals surface area contributed by atoms with Gasteiger partial charge in [0.2, 0.25) is 17.7 Å². The Hall–Kier alpha value is -2.12. The summed E-state index contributed by atoms with van der Waals surface area (Å²) >= 11 is 0. The van der Waals surface area contributed by atoms with E-state index in [2.05, 4.69) is 5.32 Å². The van der Waals surface area contributed by atoms with Gasteiger partial charge in [0.1, 0.15) is 13.1 Å². The van der Waals surface area contributed by atoms with Gasteiger partial charge in [-0.3, -0.25) is 19.7 Å². The zero-order chi connectivity index (χ0) is 17.5. The number of nitrogens with zero attached hydrogens (tertiary/aromatic N) is 3. The van der Waals surface area contributed by atoms with Crippen LogP contribution in [0.4, 0.5) is 4.79 Å². The highest BCUT2D eigenvalue weighted by molar-refractivity contribution is 6.03. The quantitative estimate of drug-likeness (QED) is 0.722. The number of imide groups is 1. The number of urea groups is 1. The molecule has 1 atom stereocenters. The van der Waals surface area contributed by atoms with Crippen LogP contribution >= 0.6 is 0 Å². The maximum atomic E-state index is 12.9. The van der Waals surface area contributed by atoms with Crippen molar-refractivity contribution in [3.63, 3.8) is 0 Å². The molecule has 3 fully saturated rings. The first-order valence-corrected chi connectivity index (χ1v) is 8.50. The lowest BCUT2D eigenvalue weighted by Crippen LogP contribution is -2.53. The molecule has 5 amide bonds. The van der Waals surface area contributed by atoms with Crippen molar-refractivity contribution in [3.8, 4) is 0 Å². The summed E-state index contributed by atoms with van der Waals surface area (Å²) in [5.41, 5.74) is -0.471. The number of carbonyl (C=O) groups excluding carboxylic acids is 4. The van der Waals surface area contributed by atoms with Crippen LogP contribution < -0.4 is 5.32 Å². The van der Waals surface area contributed by atoms with Gasteiger partial charge in [-0.2, -0.15) is 0 Å². The van der Waals surface area contributed by atoms with Crippen molar-refractivity contribution in [3.05, 3.63) is 0 Å². The Balaban J connectivity index is 1.64. The molecule has 3 saturated heterocycles. The lowest BCUT2D eigenvalue weighted by atomic mass is 9.78. The average Bonchev–Trinajstić information content (AvgIpc) is 3.07. The van der Waals surface area contributed by atoms with Crippen molar-refractivity contribution >= 4 is 23.8 Å². The van der Waals surface area contributed by atoms with E-state index in [1.807, 2.05) is 18.7 Å². The lowest BCUT2D eigenvalue weighted by Gasteiger charge is -2.41. The van der Waals surface area contributed by atoms with E-state index in [4.69, 9.17) is 0 Å². The number of rotatable bonds is 3. The smallest absolute Gasteiger partial charge is 0.325 e. The van der Waals surface area contributed by atoms with Crippen LogP contribution in [-0.4, -0.2) is 77.2 Å². The van der Waals surface area contributed by atoms with Crippen molar-refractivity contribution in [2.45, 2.75) is 39.2 Å². The third-order valence-electron chi connectivity index (χ3n) is 5.29. The Labute approximate surface area is 141 Å². The summed E-state index contributed by atoms with van der Waals surface area (Å²) in [6.07, 6.45) is 2.43. The zero-order valence-corrected chi connectivity index (χ0v) is 14.2. The molecular formula is C16H24N4O4. The Morgan fingerprint density at radius 2 is 1.96 bits per heavy atom. The van der Waals surface area contributed by atoms with E-state index in [0.29, 0.717) is 19.5 Å². The fourth-order valence-electron chi connectivity index (χ4n) is 3.93. The fraction of sp³-hybridized carbons (Fsp3) is 0.750. The standard InChI is InChI=1S/C16H24N4O4/c1-11(2)20-6-3-4-16(14(20)23)5-7-18(10-16)13(22)9-19-8-12(21)17-15(19)24/h11H,3-10H2,1-2H3,(H,17,21,24)/t16-/m1/s1. The Morgan fingerprint density at radius 3 is 2.58 bits per heavy atom. The molecule has 3 aliphatic rings. The monoisotopic (exact) mass is 336 g/mol. The van der Waals surface area contributed by atoms with E-state index in [1.54, 1.807) is 4.90 Å². The maximum absolute atomic E-state index is 12.9. The van der Waals surface area contributed by atoms with E-state index in [9.17, 15) is 19.2 Å². The molecule has 0 unspecified atom stereocenters. The Morgan fingerprint density at radius 1 is 1.21 bits per heavy atom. The number of carbonyl (C=O) groups is 4. The largest absolute Gasteiger partial charge is 0.340 e. The summed E-state index contributed by atoms with van der Waals surface area (Å²) in [6, 6.07) is -0.360. The highest BCUT2D eigenvalue weighted by Crippen LogP contribution is 2.40. The highest BCUT2D eigenvalue weighted by atomic mass is 16.2. The van der Waals surface area contributed by atoms with Gasteiger partial charge < -0.3 is 14.7 Å². The van der Waals surface area contributed by atoms with E-state index in [0.717, 1.165) is 19.4 Å². The zero-order valence-electron chi connectivity index (χ0n) is 14.2. The van der Waals surface area contributed by atoms with Crippen LogP contribution in [0.5, 0.6) is 0 Å². The molecule has 8 nitrogen and oxygen atoms in total. The number of piperidine rings is 1. The molecule has 0 aromatic carbocycles. The molecule has 3 aliphatic heterocycles. The van der Waals surface area contributed by atoms with Gasteiger partial charge in [0.05, 0.1) is 5.41 Å². The number of hydrogen-bond donors (Lipinski definition) is 1. The molecule has 132 valence electrons. The molecule has 1 spiro atoms. The number of hydrogen-bond acceptors (Lipinski definition) is 4. The van der Waals surface area contributed by atoms with E-state index < -0.39 is 11.4 Å². The Kier molecular flexibility index (Phi) is 4.23. The molecule has 3 rings (SSSR count). The molecule has 8 heteroatoms. The topological polar surface area (TPSA) is 90.0 Å². The predicted molar refractivity (Wildman–Crippen MR) is 84.8 cm³/mol. The van der Waals surface area contributed by atoms with E-state index in [1.165, 1.54) is 4.90 Å². The average molecular weight is 336 g/mol. The minimum atomic E-state index is -0.526. The summed E-state index contributed by atoms with van der Waals surface area (Å²) in [4.78, 5) is 52.9. The maximum Gasteiger partial charge on any atom is 0.325 e. The molecule has 0 aliphatic carbocycles. The molecule has 3 heterocycles. The summed E-state index contributed by atoms with van der Waals surface area (Å²) in [6.45, 7) is 5.55. The minimum absolute atomic E-state index is 0.0797. The second-order valence-corrected chi connectivity index (χ2v) is 7.25. The van der Waals surface area contributed by atoms with Crippen LogP contribution in [0.2, 0.25) is 0 Å². The third-order valence-corrected chi connectivity index (χ3v) is 5.29. The van der Waals surface area contributed by atoms with Crippen molar-refractivity contribution in [2.24, 2.45) is 5.41 Å². The molecule has 0 aromatic heterocycles. The number of likely N-dealkylation sites (tertiary alicyclic amines) is 2. The van der Waals surface area contributed by atoms with Crippen LogP contribution in [0, 0.1) is 5.41 Å². The second-order valence-electron chi connectivity index (χ2n) is 7.25. The summed E-state index contributed by atoms with van der Waals surface area (Å²) in [5, 5.41) is 2.16. The summed E-state index contributed by atoms with van der Waals surface area (Å²) in [7, 11) is 0. The summed E-state index contributed by atoms with van der Waals surface area (Å²) < 4.78 is 0. The first-order valence-electron chi connectivity index (χ1n) is 8.50. The predicted octanol–water partition coefficient (Wildman–Crippen LogP) is -0.212. The molecule has 0 bridgehead atoms. The minimum Gasteiger partial charge on any atom is -0.340 e. The van der Waals surface area contributed by atoms with Gasteiger partial charge in [0.25, 0.3) is 0 Å². The SMILES string of the molecule is CC(C)N1CCC[C@]2(CCN(C(=O)CN3CC(=O)NC3=O)C2)C1=O. The van der Waals surface area contributed by atoms with E-state index >= 15 is 0 Å². The third kappa shape index (κ3) is 2.85. The normalized spacial score (nSPS) is 27.6. The van der Waals surface area contributed by atoms with Gasteiger partial charge in [-0.15, -0.1) is 0 Å². The van der Waals surface area contributed by atoms with Crippen LogP contribution in [0.3, 0.4) is 0 Å². The molecule has 0 aromatic rings. The fourth-order valence-corrected chi connectivity index (χ4v) is 3.93. The molecule has 24 heavy (non-hydrogen) atoms. The highest BCUT2D eigenvalue weighted by Gasteiger charge is 2.50. The van der Waals surface area contributed by atoms with Crippen LogP contribution in [-0.2, 0) is 14.4 Å². The van der Waals surface area contributed by atoms with E-state index in [-0.39, 0.29) is 36.9 Å². The molecule has 0 radical (unpaired) electrons. The van der Waals surface area contributed by atoms with Crippen molar-refractivity contribution in [1.29, 1.82) is 0 Å². The first kappa shape index (κ1) is 16.7. The van der Waals surface area contributed by atoms with Gasteiger partial charge in [0, 0.05) is 25.7 Å². The molecule has 1 N–H and O–H groups in total. The van der Waals surface area contributed by atoms with Crippen LogP contribution in [0.25, 0.3) is 0 Å². The van der Waals surface area contributed by atoms with Crippen LogP contribution in [0.15, 0.2) is 0 Å². The first-order chi connectivity index (χ1) is 11.3.